The molecule has 1 amide bonds. The maximum absolute atomic E-state index is 14.5. The number of anilines is 2. The lowest BCUT2D eigenvalue weighted by atomic mass is 10.2. The van der Waals surface area contributed by atoms with Crippen molar-refractivity contribution in [1.29, 1.82) is 0 Å². The summed E-state index contributed by atoms with van der Waals surface area (Å²) in [4.78, 5) is 17.9. The standard InChI is InChI=1S/C18H18F2N4O2S2/c1-21-7-2-3-8-26-18-15(9-23-28-18)24(17(25)14-10-27-11-22-14)16-12(19)5-4-6-13(16)20/h4-6,9-11,21H,2-3,7-8H2,1H3. The zero-order valence-electron chi connectivity index (χ0n) is 15.0. The number of amides is 1. The van der Waals surface area contributed by atoms with Crippen LogP contribution in [0.25, 0.3) is 0 Å². The van der Waals surface area contributed by atoms with E-state index in [9.17, 15) is 13.6 Å². The van der Waals surface area contributed by atoms with E-state index in [1.165, 1.54) is 34.5 Å². The van der Waals surface area contributed by atoms with E-state index in [2.05, 4.69) is 14.7 Å². The molecule has 6 nitrogen and oxygen atoms in total. The summed E-state index contributed by atoms with van der Waals surface area (Å²) in [5.41, 5.74) is 1.26. The summed E-state index contributed by atoms with van der Waals surface area (Å²) < 4.78 is 38.8. The van der Waals surface area contributed by atoms with E-state index in [1.807, 2.05) is 7.05 Å². The Morgan fingerprint density at radius 3 is 2.75 bits per heavy atom. The summed E-state index contributed by atoms with van der Waals surface area (Å²) in [6.45, 7) is 1.25. The molecule has 0 bridgehead atoms. The largest absolute Gasteiger partial charge is 0.481 e. The van der Waals surface area contributed by atoms with Crippen LogP contribution in [0.2, 0.25) is 0 Å². The van der Waals surface area contributed by atoms with E-state index >= 15 is 0 Å². The van der Waals surface area contributed by atoms with Crippen molar-refractivity contribution in [3.63, 3.8) is 0 Å². The van der Waals surface area contributed by atoms with Gasteiger partial charge < -0.3 is 10.1 Å². The summed E-state index contributed by atoms with van der Waals surface area (Å²) in [5, 5.41) is 4.88. The number of thiazole rings is 1. The van der Waals surface area contributed by atoms with Gasteiger partial charge in [-0.15, -0.1) is 11.3 Å². The van der Waals surface area contributed by atoms with Gasteiger partial charge in [-0.25, -0.2) is 13.8 Å². The Morgan fingerprint density at radius 2 is 2.07 bits per heavy atom. The molecule has 0 aliphatic heterocycles. The number of carbonyl (C=O) groups is 1. The first kappa shape index (κ1) is 20.3. The van der Waals surface area contributed by atoms with Gasteiger partial charge in [-0.05, 0) is 38.6 Å². The van der Waals surface area contributed by atoms with Gasteiger partial charge in [0.15, 0.2) is 0 Å². The van der Waals surface area contributed by atoms with Crippen LogP contribution in [0.15, 0.2) is 35.3 Å². The van der Waals surface area contributed by atoms with E-state index < -0.39 is 23.2 Å². The smallest absolute Gasteiger partial charge is 0.282 e. The number of para-hydroxylation sites is 1. The minimum atomic E-state index is -0.866. The zero-order valence-corrected chi connectivity index (χ0v) is 16.7. The molecule has 0 unspecified atom stereocenters. The fourth-order valence-corrected chi connectivity index (χ4v) is 3.66. The third kappa shape index (κ3) is 4.51. The number of hydrogen-bond donors (Lipinski definition) is 1. The van der Waals surface area contributed by atoms with Gasteiger partial charge >= 0.3 is 0 Å². The minimum absolute atomic E-state index is 0.0822. The number of nitrogens with one attached hydrogen (secondary N) is 1. The van der Waals surface area contributed by atoms with Crippen LogP contribution in [0.5, 0.6) is 5.06 Å². The number of nitrogens with zero attached hydrogens (tertiary/aromatic N) is 3. The van der Waals surface area contributed by atoms with Gasteiger partial charge in [-0.3, -0.25) is 9.69 Å². The van der Waals surface area contributed by atoms with E-state index in [4.69, 9.17) is 4.74 Å². The van der Waals surface area contributed by atoms with E-state index in [1.54, 1.807) is 0 Å². The van der Waals surface area contributed by atoms with Crippen molar-refractivity contribution in [3.05, 3.63) is 52.6 Å². The van der Waals surface area contributed by atoms with Crippen LogP contribution in [0.3, 0.4) is 0 Å². The van der Waals surface area contributed by atoms with Crippen molar-refractivity contribution < 1.29 is 18.3 Å². The van der Waals surface area contributed by atoms with Crippen molar-refractivity contribution >= 4 is 40.2 Å². The monoisotopic (exact) mass is 424 g/mol. The number of hydrogen-bond acceptors (Lipinski definition) is 7. The zero-order chi connectivity index (χ0) is 19.9. The summed E-state index contributed by atoms with van der Waals surface area (Å²) in [6, 6.07) is 3.43. The van der Waals surface area contributed by atoms with Gasteiger partial charge in [0, 0.05) is 16.9 Å². The molecule has 0 atom stereocenters. The lowest BCUT2D eigenvalue weighted by Crippen LogP contribution is -2.28. The van der Waals surface area contributed by atoms with Crippen LogP contribution >= 0.6 is 22.9 Å². The third-order valence-corrected chi connectivity index (χ3v) is 5.12. The summed E-state index contributed by atoms with van der Waals surface area (Å²) >= 11 is 2.23. The average Bonchev–Trinajstić information content (AvgIpc) is 3.36. The van der Waals surface area contributed by atoms with Crippen LogP contribution in [-0.4, -0.2) is 35.5 Å². The molecule has 2 heterocycles. The number of halogens is 2. The van der Waals surface area contributed by atoms with Gasteiger partial charge in [-0.2, -0.15) is 4.37 Å². The molecule has 1 N–H and O–H groups in total. The lowest BCUT2D eigenvalue weighted by Gasteiger charge is -2.22. The number of aromatic nitrogens is 2. The Morgan fingerprint density at radius 1 is 1.29 bits per heavy atom. The Kier molecular flexibility index (Phi) is 7.01. The van der Waals surface area contributed by atoms with Crippen LogP contribution < -0.4 is 15.0 Å². The fraction of sp³-hybridized carbons (Fsp3) is 0.278. The Labute approximate surface area is 169 Å². The molecule has 148 valence electrons. The molecule has 0 saturated heterocycles. The second-order valence-corrected chi connectivity index (χ2v) is 7.22. The highest BCUT2D eigenvalue weighted by Gasteiger charge is 2.30. The SMILES string of the molecule is CNCCCCOc1sncc1N(C(=O)c1cscn1)c1c(F)cccc1F. The molecule has 3 rings (SSSR count). The Hall–Kier alpha value is -2.43. The predicted molar refractivity (Wildman–Crippen MR) is 106 cm³/mol. The molecule has 0 aliphatic rings. The second-order valence-electron chi connectivity index (χ2n) is 5.74. The molecule has 0 aliphatic carbocycles. The maximum Gasteiger partial charge on any atom is 0.282 e. The van der Waals surface area contributed by atoms with E-state index in [0.717, 1.165) is 48.0 Å². The normalized spacial score (nSPS) is 10.8. The van der Waals surface area contributed by atoms with Gasteiger partial charge in [0.1, 0.15) is 28.7 Å². The van der Waals surface area contributed by atoms with Crippen molar-refractivity contribution in [2.24, 2.45) is 0 Å². The molecular weight excluding hydrogens is 406 g/mol. The first-order valence-electron chi connectivity index (χ1n) is 8.52. The Bertz CT molecular complexity index is 898. The summed E-state index contributed by atoms with van der Waals surface area (Å²) in [5.74, 6) is -2.39. The molecule has 0 saturated carbocycles. The van der Waals surface area contributed by atoms with Gasteiger partial charge in [0.25, 0.3) is 5.91 Å². The number of unbranched alkanes of at least 4 members (excludes halogenated alkanes) is 1. The highest BCUT2D eigenvalue weighted by Crippen LogP contribution is 2.40. The number of rotatable bonds is 9. The molecule has 0 fully saturated rings. The molecular formula is C18H18F2N4O2S2. The fourth-order valence-electron chi connectivity index (χ4n) is 2.51. The topological polar surface area (TPSA) is 67.3 Å². The molecule has 3 aromatic rings. The molecule has 28 heavy (non-hydrogen) atoms. The second kappa shape index (κ2) is 9.67. The van der Waals surface area contributed by atoms with Crippen LogP contribution in [0.4, 0.5) is 20.2 Å². The first-order valence-corrected chi connectivity index (χ1v) is 10.2. The van der Waals surface area contributed by atoms with Crippen molar-refractivity contribution in [3.8, 4) is 5.06 Å². The lowest BCUT2D eigenvalue weighted by molar-refractivity contribution is 0.0993. The highest BCUT2D eigenvalue weighted by atomic mass is 32.1. The van der Waals surface area contributed by atoms with Crippen LogP contribution in [0.1, 0.15) is 23.3 Å². The molecule has 0 radical (unpaired) electrons. The van der Waals surface area contributed by atoms with E-state index in [0.29, 0.717) is 11.7 Å². The Balaban J connectivity index is 1.95. The van der Waals surface area contributed by atoms with Gasteiger partial charge in [-0.1, -0.05) is 6.07 Å². The number of carbonyl (C=O) groups excluding carboxylic acids is 1. The minimum Gasteiger partial charge on any atom is -0.481 e. The van der Waals surface area contributed by atoms with Crippen molar-refractivity contribution in [1.82, 2.24) is 14.7 Å². The highest BCUT2D eigenvalue weighted by molar-refractivity contribution is 7.08. The molecule has 2 aromatic heterocycles. The maximum atomic E-state index is 14.5. The van der Waals surface area contributed by atoms with Gasteiger partial charge in [0.2, 0.25) is 5.06 Å². The van der Waals surface area contributed by atoms with Crippen LogP contribution in [-0.2, 0) is 0 Å². The van der Waals surface area contributed by atoms with Gasteiger partial charge in [0.05, 0.1) is 18.3 Å². The predicted octanol–water partition coefficient (Wildman–Crippen LogP) is 4.23. The number of benzene rings is 1. The van der Waals surface area contributed by atoms with Crippen molar-refractivity contribution in [2.75, 3.05) is 25.1 Å². The quantitative estimate of drug-likeness (QED) is 0.521. The van der Waals surface area contributed by atoms with Crippen LogP contribution in [0, 0.1) is 11.6 Å². The van der Waals surface area contributed by atoms with Crippen molar-refractivity contribution in [2.45, 2.75) is 12.8 Å². The molecule has 0 spiro atoms. The third-order valence-electron chi connectivity index (χ3n) is 3.83. The average molecular weight is 424 g/mol. The number of ether oxygens (including phenoxy) is 1. The van der Waals surface area contributed by atoms with E-state index in [-0.39, 0.29) is 11.4 Å². The first-order chi connectivity index (χ1) is 13.6. The summed E-state index contributed by atoms with van der Waals surface area (Å²) in [6.07, 6.45) is 3.06. The summed E-state index contributed by atoms with van der Waals surface area (Å²) in [7, 11) is 1.87. The molecule has 10 heteroatoms. The molecule has 1 aromatic carbocycles.